The van der Waals surface area contributed by atoms with E-state index in [-0.39, 0.29) is 23.0 Å². The van der Waals surface area contributed by atoms with E-state index in [4.69, 9.17) is 18.9 Å². The number of hydrogen-bond acceptors (Lipinski definition) is 8. The molecular weight excluding hydrogens is 554 g/mol. The molecule has 4 atom stereocenters. The Morgan fingerprint density at radius 1 is 1.05 bits per heavy atom. The van der Waals surface area contributed by atoms with Gasteiger partial charge in [-0.05, 0) is 43.2 Å². The van der Waals surface area contributed by atoms with Crippen LogP contribution >= 0.6 is 0 Å². The number of aryl methyl sites for hydroxylation is 1. The lowest BCUT2D eigenvalue weighted by Gasteiger charge is -2.44. The summed E-state index contributed by atoms with van der Waals surface area (Å²) >= 11 is 0. The molecule has 0 amide bonds. The highest BCUT2D eigenvalue weighted by atomic mass is 16.6. The SMILES string of the molecule is COc1cc2c(c3c1c(=O)c1cc4ccccc4cc1n3C)[C@@H](OC(C)=O)[C@@H](OC(=O)C(C)CC(C)C(=O)O)C(C)(C)O2. The summed E-state index contributed by atoms with van der Waals surface area (Å²) in [4.78, 5) is 51.4. The van der Waals surface area contributed by atoms with E-state index in [1.807, 2.05) is 41.0 Å². The summed E-state index contributed by atoms with van der Waals surface area (Å²) < 4.78 is 25.8. The first kappa shape index (κ1) is 29.9. The number of carboxylic acid groups (broad SMARTS) is 1. The summed E-state index contributed by atoms with van der Waals surface area (Å²) in [7, 11) is 3.27. The van der Waals surface area contributed by atoms with Gasteiger partial charge >= 0.3 is 17.9 Å². The lowest BCUT2D eigenvalue weighted by atomic mass is 9.86. The fourth-order valence-electron chi connectivity index (χ4n) is 6.00. The van der Waals surface area contributed by atoms with Gasteiger partial charge in [0.1, 0.15) is 17.1 Å². The molecule has 10 nitrogen and oxygen atoms in total. The van der Waals surface area contributed by atoms with E-state index in [2.05, 4.69) is 0 Å². The Balaban J connectivity index is 1.77. The molecule has 5 rings (SSSR count). The van der Waals surface area contributed by atoms with Crippen LogP contribution in [0.15, 0.2) is 47.3 Å². The number of nitrogens with zero attached hydrogens (tertiary/aromatic N) is 1. The zero-order valence-corrected chi connectivity index (χ0v) is 25.2. The van der Waals surface area contributed by atoms with Gasteiger partial charge in [-0.3, -0.25) is 19.2 Å². The first-order chi connectivity index (χ1) is 20.2. The zero-order valence-electron chi connectivity index (χ0n) is 25.2. The van der Waals surface area contributed by atoms with Crippen LogP contribution in [-0.4, -0.2) is 46.4 Å². The molecule has 10 heteroatoms. The van der Waals surface area contributed by atoms with Gasteiger partial charge in [0.2, 0.25) is 5.43 Å². The van der Waals surface area contributed by atoms with Crippen LogP contribution in [0, 0.1) is 11.8 Å². The quantitative estimate of drug-likeness (QED) is 0.226. The number of hydrogen-bond donors (Lipinski definition) is 1. The van der Waals surface area contributed by atoms with Gasteiger partial charge in [0.05, 0.1) is 40.9 Å². The van der Waals surface area contributed by atoms with Crippen molar-refractivity contribution in [2.75, 3.05) is 7.11 Å². The zero-order chi connectivity index (χ0) is 31.4. The van der Waals surface area contributed by atoms with Crippen molar-refractivity contribution in [2.24, 2.45) is 18.9 Å². The van der Waals surface area contributed by atoms with Crippen LogP contribution in [0.2, 0.25) is 0 Å². The molecule has 0 radical (unpaired) electrons. The number of methoxy groups -OCH3 is 1. The molecule has 0 saturated heterocycles. The number of carbonyl (C=O) groups is 3. The molecule has 0 saturated carbocycles. The minimum absolute atomic E-state index is 0.0611. The maximum atomic E-state index is 14.1. The van der Waals surface area contributed by atoms with Gasteiger partial charge in [-0.15, -0.1) is 0 Å². The Morgan fingerprint density at radius 3 is 2.30 bits per heavy atom. The molecular formula is C33H35NO9. The van der Waals surface area contributed by atoms with Crippen molar-refractivity contribution in [3.63, 3.8) is 0 Å². The van der Waals surface area contributed by atoms with Crippen LogP contribution in [-0.2, 0) is 30.9 Å². The highest BCUT2D eigenvalue weighted by Crippen LogP contribution is 2.49. The number of aromatic nitrogens is 1. The molecule has 0 bridgehead atoms. The number of pyridine rings is 1. The van der Waals surface area contributed by atoms with Crippen LogP contribution in [0.1, 0.15) is 52.7 Å². The summed E-state index contributed by atoms with van der Waals surface area (Å²) in [5.41, 5.74) is -0.0413. The van der Waals surface area contributed by atoms with E-state index in [0.717, 1.165) is 10.8 Å². The number of carboxylic acids is 1. The predicted molar refractivity (Wildman–Crippen MR) is 160 cm³/mol. The molecule has 1 aliphatic rings. The number of aliphatic carboxylic acids is 1. The fraction of sp³-hybridized carbons (Fsp3) is 0.394. The maximum Gasteiger partial charge on any atom is 0.309 e. The van der Waals surface area contributed by atoms with Gasteiger partial charge in [-0.25, -0.2) is 0 Å². The molecule has 2 heterocycles. The van der Waals surface area contributed by atoms with Gasteiger partial charge in [-0.1, -0.05) is 38.1 Å². The number of fused-ring (bicyclic) bond motifs is 5. The molecule has 1 aromatic heterocycles. The molecule has 1 aliphatic heterocycles. The average Bonchev–Trinajstić information content (AvgIpc) is 2.95. The third kappa shape index (κ3) is 5.15. The molecule has 3 aromatic carbocycles. The summed E-state index contributed by atoms with van der Waals surface area (Å²) in [5.74, 6) is -3.21. The number of carbonyl (C=O) groups excluding carboxylic acids is 2. The Hall–Kier alpha value is -4.60. The number of ether oxygens (including phenoxy) is 4. The van der Waals surface area contributed by atoms with E-state index in [1.165, 1.54) is 21.0 Å². The minimum Gasteiger partial charge on any atom is -0.496 e. The topological polar surface area (TPSA) is 130 Å². The van der Waals surface area contributed by atoms with Gasteiger partial charge in [0.15, 0.2) is 12.2 Å². The van der Waals surface area contributed by atoms with Crippen molar-refractivity contribution in [2.45, 2.75) is 58.8 Å². The Morgan fingerprint density at radius 2 is 1.70 bits per heavy atom. The standard InChI is InChI=1S/C33H35NO9/c1-16(31(37)38)12-17(2)32(39)42-30-29(41-18(3)35)26-24(43-33(30,4)5)15-23(40-7)25-27(26)34(6)22-14-20-11-9-8-10-19(20)13-21(22)28(25)36/h8-11,13-17,29-30H,12H2,1-7H3,(H,37,38)/t16?,17?,29-,30-/m1/s1. The summed E-state index contributed by atoms with van der Waals surface area (Å²) in [6.45, 7) is 7.78. The molecule has 4 aromatic rings. The van der Waals surface area contributed by atoms with E-state index in [0.29, 0.717) is 27.7 Å². The molecule has 226 valence electrons. The van der Waals surface area contributed by atoms with E-state index < -0.39 is 47.6 Å². The van der Waals surface area contributed by atoms with Gasteiger partial charge in [0, 0.05) is 25.4 Å². The summed E-state index contributed by atoms with van der Waals surface area (Å²) in [6.07, 6.45) is -2.22. The Bertz CT molecular complexity index is 1860. The predicted octanol–water partition coefficient (Wildman–Crippen LogP) is 5.29. The van der Waals surface area contributed by atoms with Gasteiger partial charge in [0.25, 0.3) is 0 Å². The molecule has 0 spiro atoms. The summed E-state index contributed by atoms with van der Waals surface area (Å²) in [5, 5.41) is 11.9. The van der Waals surface area contributed by atoms with Crippen LogP contribution in [0.3, 0.4) is 0 Å². The van der Waals surface area contributed by atoms with Crippen molar-refractivity contribution in [1.82, 2.24) is 4.57 Å². The Kier molecular flexibility index (Phi) is 7.58. The van der Waals surface area contributed by atoms with Gasteiger partial charge < -0.3 is 28.6 Å². The highest BCUT2D eigenvalue weighted by Gasteiger charge is 2.50. The second-order valence-electron chi connectivity index (χ2n) is 11.8. The Labute approximate surface area is 248 Å². The first-order valence-electron chi connectivity index (χ1n) is 14.1. The van der Waals surface area contributed by atoms with Crippen LogP contribution < -0.4 is 14.9 Å². The van der Waals surface area contributed by atoms with E-state index in [1.54, 1.807) is 33.9 Å². The molecule has 0 fully saturated rings. The van der Waals surface area contributed by atoms with Crippen LogP contribution in [0.4, 0.5) is 0 Å². The van der Waals surface area contributed by atoms with Crippen LogP contribution in [0.5, 0.6) is 11.5 Å². The maximum absolute atomic E-state index is 14.1. The largest absolute Gasteiger partial charge is 0.496 e. The van der Waals surface area contributed by atoms with Crippen molar-refractivity contribution in [3.8, 4) is 11.5 Å². The lowest BCUT2D eigenvalue weighted by molar-refractivity contribution is -0.192. The molecule has 1 N–H and O–H groups in total. The van der Waals surface area contributed by atoms with E-state index >= 15 is 0 Å². The number of rotatable bonds is 7. The highest BCUT2D eigenvalue weighted by molar-refractivity contribution is 6.04. The second-order valence-corrected chi connectivity index (χ2v) is 11.8. The van der Waals surface area contributed by atoms with Crippen molar-refractivity contribution in [3.05, 3.63) is 58.3 Å². The van der Waals surface area contributed by atoms with Crippen LogP contribution in [0.25, 0.3) is 32.6 Å². The third-order valence-electron chi connectivity index (χ3n) is 8.20. The molecule has 0 aliphatic carbocycles. The average molecular weight is 590 g/mol. The third-order valence-corrected chi connectivity index (χ3v) is 8.20. The van der Waals surface area contributed by atoms with E-state index in [9.17, 15) is 24.3 Å². The van der Waals surface area contributed by atoms with Crippen molar-refractivity contribution >= 4 is 50.5 Å². The molecule has 2 unspecified atom stereocenters. The van der Waals surface area contributed by atoms with Gasteiger partial charge in [-0.2, -0.15) is 0 Å². The first-order valence-corrected chi connectivity index (χ1v) is 14.1. The lowest BCUT2D eigenvalue weighted by Crippen LogP contribution is -2.52. The normalized spacial score (nSPS) is 18.9. The molecule has 43 heavy (non-hydrogen) atoms. The summed E-state index contributed by atoms with van der Waals surface area (Å²) in [6, 6.07) is 13.1. The smallest absolute Gasteiger partial charge is 0.309 e. The van der Waals surface area contributed by atoms with Crippen molar-refractivity contribution < 1.29 is 38.4 Å². The monoisotopic (exact) mass is 589 g/mol. The number of benzene rings is 3. The van der Waals surface area contributed by atoms with Crippen molar-refractivity contribution in [1.29, 1.82) is 0 Å². The fourth-order valence-corrected chi connectivity index (χ4v) is 6.00. The second kappa shape index (κ2) is 10.9. The minimum atomic E-state index is -1.19. The number of esters is 2.